The highest BCUT2D eigenvalue weighted by Crippen LogP contribution is 1.94. The molecule has 2 unspecified atom stereocenters. The van der Waals surface area contributed by atoms with Crippen molar-refractivity contribution in [2.24, 2.45) is 5.92 Å². The normalized spacial score (nSPS) is 15.8. The van der Waals surface area contributed by atoms with Crippen molar-refractivity contribution in [1.29, 1.82) is 0 Å². The number of hydrogen-bond acceptors (Lipinski definition) is 4. The Morgan fingerprint density at radius 2 is 1.81 bits per heavy atom. The van der Waals surface area contributed by atoms with Crippen LogP contribution in [0.15, 0.2) is 0 Å². The van der Waals surface area contributed by atoms with Crippen molar-refractivity contribution in [3.8, 4) is 0 Å². The topological polar surface area (TPSA) is 44.7 Å². The zero-order chi connectivity index (χ0) is 12.6. The molecule has 4 nitrogen and oxygen atoms in total. The van der Waals surface area contributed by atoms with Gasteiger partial charge in [-0.25, -0.2) is 0 Å². The molecule has 98 valence electrons. The van der Waals surface area contributed by atoms with Gasteiger partial charge in [0.2, 0.25) is 0 Å². The molecule has 0 rings (SSSR count). The summed E-state index contributed by atoms with van der Waals surface area (Å²) in [6.45, 7) is 9.01. The summed E-state index contributed by atoms with van der Waals surface area (Å²) >= 11 is 0. The molecule has 0 aromatic rings. The predicted octanol–water partition coefficient (Wildman–Crippen LogP) is 0.560. The van der Waals surface area contributed by atoms with Crippen LogP contribution in [-0.4, -0.2) is 62.6 Å². The van der Waals surface area contributed by atoms with Crippen molar-refractivity contribution in [3.63, 3.8) is 0 Å². The Hall–Kier alpha value is -0.160. The molecule has 0 radical (unpaired) electrons. The first kappa shape index (κ1) is 15.8. The summed E-state index contributed by atoms with van der Waals surface area (Å²) in [5.41, 5.74) is 0. The number of likely N-dealkylation sites (N-methyl/N-ethyl adjacent to an activating group) is 1. The average molecular weight is 232 g/mol. The van der Waals surface area contributed by atoms with Crippen molar-refractivity contribution < 1.29 is 9.84 Å². The summed E-state index contributed by atoms with van der Waals surface area (Å²) in [6.07, 6.45) is -0.414. The van der Waals surface area contributed by atoms with Gasteiger partial charge in [-0.05, 0) is 26.9 Å². The highest BCUT2D eigenvalue weighted by Gasteiger charge is 2.08. The quantitative estimate of drug-likeness (QED) is 0.610. The van der Waals surface area contributed by atoms with Gasteiger partial charge >= 0.3 is 0 Å². The number of rotatable bonds is 9. The fraction of sp³-hybridized carbons (Fsp3) is 1.00. The molecular formula is C12H28N2O2. The van der Waals surface area contributed by atoms with Crippen LogP contribution in [0.2, 0.25) is 0 Å². The van der Waals surface area contributed by atoms with E-state index in [1.54, 1.807) is 0 Å². The second kappa shape index (κ2) is 8.93. The summed E-state index contributed by atoms with van der Waals surface area (Å²) in [7, 11) is 4.08. The summed E-state index contributed by atoms with van der Waals surface area (Å²) in [5.74, 6) is 0.521. The molecule has 0 aliphatic heterocycles. The van der Waals surface area contributed by atoms with Crippen LogP contribution in [0.4, 0.5) is 0 Å². The lowest BCUT2D eigenvalue weighted by atomic mass is 10.2. The minimum atomic E-state index is -0.414. The van der Waals surface area contributed by atoms with Gasteiger partial charge in [0.1, 0.15) is 0 Å². The number of hydrogen-bond donors (Lipinski definition) is 2. The lowest BCUT2D eigenvalue weighted by Crippen LogP contribution is -2.41. The van der Waals surface area contributed by atoms with E-state index in [1.165, 1.54) is 0 Å². The van der Waals surface area contributed by atoms with Gasteiger partial charge in [0.25, 0.3) is 0 Å². The van der Waals surface area contributed by atoms with E-state index in [1.807, 2.05) is 14.1 Å². The summed E-state index contributed by atoms with van der Waals surface area (Å²) in [5, 5.41) is 12.9. The monoisotopic (exact) mass is 232 g/mol. The first-order chi connectivity index (χ1) is 7.41. The van der Waals surface area contributed by atoms with E-state index in [0.717, 1.165) is 6.54 Å². The number of aliphatic hydroxyl groups excluding tert-OH is 1. The molecule has 0 amide bonds. The van der Waals surface area contributed by atoms with Crippen LogP contribution < -0.4 is 5.32 Å². The van der Waals surface area contributed by atoms with Crippen molar-refractivity contribution in [3.05, 3.63) is 0 Å². The number of aliphatic hydroxyl groups is 1. The lowest BCUT2D eigenvalue weighted by Gasteiger charge is -2.20. The fourth-order valence-corrected chi connectivity index (χ4v) is 1.45. The fourth-order valence-electron chi connectivity index (χ4n) is 1.45. The first-order valence-corrected chi connectivity index (χ1v) is 6.05. The minimum Gasteiger partial charge on any atom is -0.389 e. The Morgan fingerprint density at radius 3 is 2.31 bits per heavy atom. The van der Waals surface area contributed by atoms with Gasteiger partial charge in [-0.2, -0.15) is 0 Å². The number of nitrogens with zero attached hydrogens (tertiary/aromatic N) is 1. The van der Waals surface area contributed by atoms with E-state index in [0.29, 0.717) is 31.7 Å². The van der Waals surface area contributed by atoms with Crippen molar-refractivity contribution in [2.75, 3.05) is 40.4 Å². The highest BCUT2D eigenvalue weighted by atomic mass is 16.5. The molecule has 0 saturated heterocycles. The molecular weight excluding hydrogens is 204 g/mol. The number of ether oxygens (including phenoxy) is 1. The third-order valence-electron chi connectivity index (χ3n) is 2.10. The van der Waals surface area contributed by atoms with Crippen molar-refractivity contribution >= 4 is 0 Å². The molecule has 4 heteroatoms. The molecule has 16 heavy (non-hydrogen) atoms. The van der Waals surface area contributed by atoms with Crippen molar-refractivity contribution in [2.45, 2.75) is 32.9 Å². The third-order valence-corrected chi connectivity index (χ3v) is 2.10. The van der Waals surface area contributed by atoms with Crippen LogP contribution in [0, 0.1) is 5.92 Å². The molecule has 0 aromatic carbocycles. The van der Waals surface area contributed by atoms with Gasteiger partial charge in [-0.1, -0.05) is 13.8 Å². The molecule has 0 aliphatic carbocycles. The Morgan fingerprint density at radius 1 is 1.19 bits per heavy atom. The molecule has 2 atom stereocenters. The maximum atomic E-state index is 9.64. The Labute approximate surface area is 100.0 Å². The van der Waals surface area contributed by atoms with Crippen LogP contribution in [0.5, 0.6) is 0 Å². The van der Waals surface area contributed by atoms with Gasteiger partial charge in [0, 0.05) is 25.7 Å². The maximum absolute atomic E-state index is 9.64. The van der Waals surface area contributed by atoms with Crippen LogP contribution in [-0.2, 0) is 4.74 Å². The standard InChI is InChI=1S/C12H28N2O2/c1-10(2)8-16-9-12(15)6-13-11(3)7-14(4)5/h10-13,15H,6-9H2,1-5H3. The molecule has 0 saturated carbocycles. The predicted molar refractivity (Wildman–Crippen MR) is 67.7 cm³/mol. The molecule has 0 heterocycles. The van der Waals surface area contributed by atoms with Crippen LogP contribution >= 0.6 is 0 Å². The van der Waals surface area contributed by atoms with Crippen LogP contribution in [0.1, 0.15) is 20.8 Å². The van der Waals surface area contributed by atoms with E-state index >= 15 is 0 Å². The Balaban J connectivity index is 3.45. The Kier molecular flexibility index (Phi) is 8.84. The summed E-state index contributed by atoms with van der Waals surface area (Å²) in [6, 6.07) is 0.384. The average Bonchev–Trinajstić information content (AvgIpc) is 2.13. The second-order valence-corrected chi connectivity index (χ2v) is 5.16. The lowest BCUT2D eigenvalue weighted by molar-refractivity contribution is 0.0249. The zero-order valence-electron chi connectivity index (χ0n) is 11.4. The van der Waals surface area contributed by atoms with Crippen LogP contribution in [0.3, 0.4) is 0 Å². The maximum Gasteiger partial charge on any atom is 0.0897 e. The molecule has 0 fully saturated rings. The van der Waals surface area contributed by atoms with E-state index < -0.39 is 6.10 Å². The van der Waals surface area contributed by atoms with Crippen LogP contribution in [0.25, 0.3) is 0 Å². The molecule has 0 aromatic heterocycles. The molecule has 0 spiro atoms. The smallest absolute Gasteiger partial charge is 0.0897 e. The Bertz CT molecular complexity index is 163. The van der Waals surface area contributed by atoms with Gasteiger partial charge < -0.3 is 20.1 Å². The van der Waals surface area contributed by atoms with E-state index in [-0.39, 0.29) is 0 Å². The number of nitrogens with one attached hydrogen (secondary N) is 1. The van der Waals surface area contributed by atoms with Gasteiger partial charge in [0.15, 0.2) is 0 Å². The van der Waals surface area contributed by atoms with E-state index in [9.17, 15) is 5.11 Å². The molecule has 0 bridgehead atoms. The SMILES string of the molecule is CC(C)COCC(O)CNC(C)CN(C)C. The molecule has 0 aliphatic rings. The minimum absolute atomic E-state index is 0.384. The van der Waals surface area contributed by atoms with E-state index in [4.69, 9.17) is 4.74 Å². The zero-order valence-corrected chi connectivity index (χ0v) is 11.4. The van der Waals surface area contributed by atoms with Gasteiger partial charge in [-0.3, -0.25) is 0 Å². The first-order valence-electron chi connectivity index (χ1n) is 6.05. The largest absolute Gasteiger partial charge is 0.389 e. The summed E-state index contributed by atoms with van der Waals surface area (Å²) in [4.78, 5) is 2.12. The third kappa shape index (κ3) is 10.4. The van der Waals surface area contributed by atoms with Gasteiger partial charge in [0.05, 0.1) is 12.7 Å². The second-order valence-electron chi connectivity index (χ2n) is 5.16. The summed E-state index contributed by atoms with van der Waals surface area (Å²) < 4.78 is 5.37. The van der Waals surface area contributed by atoms with E-state index in [2.05, 4.69) is 31.0 Å². The van der Waals surface area contributed by atoms with Crippen molar-refractivity contribution in [1.82, 2.24) is 10.2 Å². The van der Waals surface area contributed by atoms with Gasteiger partial charge in [-0.15, -0.1) is 0 Å². The highest BCUT2D eigenvalue weighted by molar-refractivity contribution is 4.67. The molecule has 2 N–H and O–H groups in total.